The molecule has 5 nitrogen and oxygen atoms in total. The minimum absolute atomic E-state index is 0.211. The summed E-state index contributed by atoms with van der Waals surface area (Å²) in [5, 5.41) is 11.8. The molecule has 0 saturated heterocycles. The number of aryl methyl sites for hydroxylation is 1. The number of carboxylic acids is 1. The van der Waals surface area contributed by atoms with E-state index in [9.17, 15) is 14.7 Å². The van der Waals surface area contributed by atoms with Gasteiger partial charge in [-0.25, -0.2) is 4.79 Å². The highest BCUT2D eigenvalue weighted by Crippen LogP contribution is 2.17. The van der Waals surface area contributed by atoms with Crippen LogP contribution in [0.25, 0.3) is 0 Å². The maximum atomic E-state index is 12.0. The van der Waals surface area contributed by atoms with Crippen molar-refractivity contribution in [1.29, 1.82) is 0 Å². The summed E-state index contributed by atoms with van der Waals surface area (Å²) in [6.45, 7) is 2.36. The first kappa shape index (κ1) is 17.5. The van der Waals surface area contributed by atoms with Gasteiger partial charge >= 0.3 is 5.97 Å². The van der Waals surface area contributed by atoms with Gasteiger partial charge in [-0.3, -0.25) is 4.79 Å². The Kier molecular flexibility index (Phi) is 6.37. The minimum atomic E-state index is -1.08. The highest BCUT2D eigenvalue weighted by molar-refractivity contribution is 5.84. The summed E-state index contributed by atoms with van der Waals surface area (Å²) < 4.78 is 5.63. The lowest BCUT2D eigenvalue weighted by Crippen LogP contribution is -2.33. The van der Waals surface area contributed by atoms with Crippen LogP contribution >= 0.6 is 0 Å². The molecule has 24 heavy (non-hydrogen) atoms. The summed E-state index contributed by atoms with van der Waals surface area (Å²) in [5.41, 5.74) is 1.59. The molecule has 0 saturated carbocycles. The zero-order valence-electron chi connectivity index (χ0n) is 13.6. The zero-order valence-corrected chi connectivity index (χ0v) is 13.6. The van der Waals surface area contributed by atoms with Gasteiger partial charge in [-0.05, 0) is 30.5 Å². The van der Waals surface area contributed by atoms with Crippen LogP contribution in [0.4, 0.5) is 0 Å². The number of ether oxygens (including phenoxy) is 1. The van der Waals surface area contributed by atoms with Gasteiger partial charge in [0.1, 0.15) is 5.75 Å². The molecule has 0 radical (unpaired) electrons. The summed E-state index contributed by atoms with van der Waals surface area (Å²) in [4.78, 5) is 23.3. The number of aliphatic carboxylic acids is 1. The Labute approximate surface area is 141 Å². The smallest absolute Gasteiger partial charge is 0.330 e. The molecule has 0 spiro atoms. The van der Waals surface area contributed by atoms with Gasteiger partial charge in [-0.2, -0.15) is 0 Å². The van der Waals surface area contributed by atoms with Crippen molar-refractivity contribution in [2.24, 2.45) is 0 Å². The Morgan fingerprint density at radius 2 is 1.75 bits per heavy atom. The van der Waals surface area contributed by atoms with E-state index in [-0.39, 0.29) is 12.3 Å². The molecule has 126 valence electrons. The molecule has 2 rings (SSSR count). The fourth-order valence-corrected chi connectivity index (χ4v) is 2.30. The number of carbonyl (C=O) groups excluding carboxylic acids is 1. The number of nitrogens with one attached hydrogen (secondary N) is 1. The van der Waals surface area contributed by atoms with Gasteiger partial charge < -0.3 is 15.2 Å². The van der Waals surface area contributed by atoms with Crippen molar-refractivity contribution >= 4 is 11.9 Å². The van der Waals surface area contributed by atoms with E-state index in [1.54, 1.807) is 30.3 Å². The predicted molar refractivity (Wildman–Crippen MR) is 90.9 cm³/mol. The molecule has 5 heteroatoms. The average molecular weight is 327 g/mol. The quantitative estimate of drug-likeness (QED) is 0.731. The Hall–Kier alpha value is -2.82. The summed E-state index contributed by atoms with van der Waals surface area (Å²) in [6, 6.07) is 15.3. The topological polar surface area (TPSA) is 75.6 Å². The van der Waals surface area contributed by atoms with Gasteiger partial charge in [0.25, 0.3) is 0 Å². The maximum absolute atomic E-state index is 12.0. The normalized spacial score (nSPS) is 11.5. The molecule has 0 fully saturated rings. The number of amides is 1. The highest BCUT2D eigenvalue weighted by atomic mass is 16.5. The van der Waals surface area contributed by atoms with Crippen LogP contribution in [0.1, 0.15) is 30.0 Å². The molecule has 1 atom stereocenters. The highest BCUT2D eigenvalue weighted by Gasteiger charge is 2.21. The largest absolute Gasteiger partial charge is 0.493 e. The Morgan fingerprint density at radius 3 is 2.42 bits per heavy atom. The van der Waals surface area contributed by atoms with Crippen LogP contribution in [0.2, 0.25) is 0 Å². The number of rotatable bonds is 8. The number of benzene rings is 2. The monoisotopic (exact) mass is 327 g/mol. The van der Waals surface area contributed by atoms with Crippen molar-refractivity contribution in [3.05, 3.63) is 65.7 Å². The van der Waals surface area contributed by atoms with Gasteiger partial charge in [-0.1, -0.05) is 48.5 Å². The van der Waals surface area contributed by atoms with E-state index < -0.39 is 12.0 Å². The van der Waals surface area contributed by atoms with E-state index in [0.717, 1.165) is 11.3 Å². The van der Waals surface area contributed by atoms with Crippen LogP contribution in [0.3, 0.4) is 0 Å². The second-order valence-electron chi connectivity index (χ2n) is 5.47. The number of hydrogen-bond donors (Lipinski definition) is 2. The second-order valence-corrected chi connectivity index (χ2v) is 5.47. The third-order valence-corrected chi connectivity index (χ3v) is 3.58. The Morgan fingerprint density at radius 1 is 1.08 bits per heavy atom. The molecule has 0 unspecified atom stereocenters. The Bertz CT molecular complexity index is 685. The SMILES string of the molecule is Cc1ccccc1OCCCC(=O)N[C@@H](C(=O)O)c1ccccc1. The van der Waals surface area contributed by atoms with Crippen LogP contribution in [0.5, 0.6) is 5.75 Å². The van der Waals surface area contributed by atoms with E-state index in [1.807, 2.05) is 31.2 Å². The molecule has 2 aromatic carbocycles. The van der Waals surface area contributed by atoms with E-state index in [2.05, 4.69) is 5.32 Å². The molecule has 0 aliphatic rings. The lowest BCUT2D eigenvalue weighted by atomic mass is 10.1. The molecule has 0 aromatic heterocycles. The van der Waals surface area contributed by atoms with E-state index in [1.165, 1.54) is 0 Å². The molecule has 0 aliphatic carbocycles. The lowest BCUT2D eigenvalue weighted by molar-refractivity contribution is -0.142. The molecule has 2 N–H and O–H groups in total. The average Bonchev–Trinajstić information content (AvgIpc) is 2.58. The molecule has 1 amide bonds. The van der Waals surface area contributed by atoms with Gasteiger partial charge in [0.05, 0.1) is 6.61 Å². The summed E-state index contributed by atoms with van der Waals surface area (Å²) in [6.07, 6.45) is 0.726. The predicted octanol–water partition coefficient (Wildman–Crippen LogP) is 3.10. The number of carbonyl (C=O) groups is 2. The van der Waals surface area contributed by atoms with Crippen LogP contribution in [0, 0.1) is 6.92 Å². The van der Waals surface area contributed by atoms with Crippen molar-refractivity contribution < 1.29 is 19.4 Å². The van der Waals surface area contributed by atoms with Gasteiger partial charge in [0.15, 0.2) is 6.04 Å². The van der Waals surface area contributed by atoms with E-state index in [4.69, 9.17) is 4.74 Å². The first-order valence-corrected chi connectivity index (χ1v) is 7.83. The van der Waals surface area contributed by atoms with Crippen molar-refractivity contribution in [2.75, 3.05) is 6.61 Å². The fraction of sp³-hybridized carbons (Fsp3) is 0.263. The Balaban J connectivity index is 1.80. The molecule has 2 aromatic rings. The summed E-state index contributed by atoms with van der Waals surface area (Å²) >= 11 is 0. The number of carboxylic acid groups (broad SMARTS) is 1. The van der Waals surface area contributed by atoms with Crippen molar-refractivity contribution in [2.45, 2.75) is 25.8 Å². The number of hydrogen-bond acceptors (Lipinski definition) is 3. The summed E-state index contributed by atoms with van der Waals surface area (Å²) in [7, 11) is 0. The molecular formula is C19H21NO4. The first-order valence-electron chi connectivity index (χ1n) is 7.83. The minimum Gasteiger partial charge on any atom is -0.493 e. The van der Waals surface area contributed by atoms with Gasteiger partial charge in [-0.15, -0.1) is 0 Å². The molecule has 0 bridgehead atoms. The zero-order chi connectivity index (χ0) is 17.4. The molecular weight excluding hydrogens is 306 g/mol. The van der Waals surface area contributed by atoms with Gasteiger partial charge in [0.2, 0.25) is 5.91 Å². The van der Waals surface area contributed by atoms with Crippen LogP contribution in [0.15, 0.2) is 54.6 Å². The van der Waals surface area contributed by atoms with E-state index in [0.29, 0.717) is 18.6 Å². The third kappa shape index (κ3) is 5.12. The van der Waals surface area contributed by atoms with Crippen molar-refractivity contribution in [3.8, 4) is 5.75 Å². The molecule has 0 heterocycles. The number of para-hydroxylation sites is 1. The standard InChI is InChI=1S/C19H21NO4/c1-14-8-5-6-11-16(14)24-13-7-12-17(21)20-18(19(22)23)15-9-3-2-4-10-15/h2-6,8-11,18H,7,12-13H2,1H3,(H,20,21)(H,22,23)/t18-/m1/s1. The first-order chi connectivity index (χ1) is 11.6. The van der Waals surface area contributed by atoms with Crippen LogP contribution in [-0.2, 0) is 9.59 Å². The van der Waals surface area contributed by atoms with Crippen molar-refractivity contribution in [1.82, 2.24) is 5.32 Å². The third-order valence-electron chi connectivity index (χ3n) is 3.58. The van der Waals surface area contributed by atoms with Crippen LogP contribution in [-0.4, -0.2) is 23.6 Å². The van der Waals surface area contributed by atoms with E-state index >= 15 is 0 Å². The van der Waals surface area contributed by atoms with Crippen molar-refractivity contribution in [3.63, 3.8) is 0 Å². The maximum Gasteiger partial charge on any atom is 0.330 e. The lowest BCUT2D eigenvalue weighted by Gasteiger charge is -2.15. The fourth-order valence-electron chi connectivity index (χ4n) is 2.30. The van der Waals surface area contributed by atoms with Crippen LogP contribution < -0.4 is 10.1 Å². The van der Waals surface area contributed by atoms with Gasteiger partial charge in [0, 0.05) is 6.42 Å². The summed E-state index contributed by atoms with van der Waals surface area (Å²) in [5.74, 6) is -0.587. The second kappa shape index (κ2) is 8.72. The molecule has 0 aliphatic heterocycles.